The first-order valence-electron chi connectivity index (χ1n) is 10.5. The largest absolute Gasteiger partial charge is 0.489 e. The van der Waals surface area contributed by atoms with Gasteiger partial charge in [-0.1, -0.05) is 59.8 Å². The van der Waals surface area contributed by atoms with Crippen LogP contribution in [0.5, 0.6) is 5.75 Å². The molecule has 1 aromatic heterocycles. The fourth-order valence-electron chi connectivity index (χ4n) is 3.10. The van der Waals surface area contributed by atoms with E-state index in [0.717, 1.165) is 47.4 Å². The average molecular weight is 484 g/mol. The van der Waals surface area contributed by atoms with Crippen LogP contribution in [0.2, 0.25) is 5.02 Å². The van der Waals surface area contributed by atoms with Crippen LogP contribution in [0.4, 0.5) is 4.39 Å². The van der Waals surface area contributed by atoms with Gasteiger partial charge in [0.1, 0.15) is 18.2 Å². The highest BCUT2D eigenvalue weighted by Crippen LogP contribution is 2.21. The van der Waals surface area contributed by atoms with E-state index in [2.05, 4.69) is 20.8 Å². The number of thioether (sulfide) groups is 1. The van der Waals surface area contributed by atoms with Crippen molar-refractivity contribution in [2.45, 2.75) is 24.7 Å². The van der Waals surface area contributed by atoms with Gasteiger partial charge in [0.25, 0.3) is 0 Å². The normalized spacial score (nSPS) is 11.0. The summed E-state index contributed by atoms with van der Waals surface area (Å²) in [6.45, 7) is 1.96. The highest BCUT2D eigenvalue weighted by molar-refractivity contribution is 7.99. The van der Waals surface area contributed by atoms with Crippen LogP contribution in [-0.4, -0.2) is 32.5 Å². The van der Waals surface area contributed by atoms with Crippen molar-refractivity contribution in [3.8, 4) is 11.4 Å². The summed E-state index contributed by atoms with van der Waals surface area (Å²) in [6, 6.07) is 22.1. The molecule has 1 heterocycles. The molecule has 9 heteroatoms. The maximum absolute atomic E-state index is 13.1. The second-order valence-electron chi connectivity index (χ2n) is 7.26. The number of benzene rings is 3. The Morgan fingerprint density at radius 2 is 1.85 bits per heavy atom. The predicted molar refractivity (Wildman–Crippen MR) is 128 cm³/mol. The molecular weight excluding hydrogens is 461 g/mol. The van der Waals surface area contributed by atoms with E-state index in [9.17, 15) is 4.39 Å². The summed E-state index contributed by atoms with van der Waals surface area (Å²) in [5, 5.41) is 16.6. The molecule has 0 fully saturated rings. The Balaban J connectivity index is 1.15. The van der Waals surface area contributed by atoms with E-state index in [1.807, 2.05) is 54.6 Å². The van der Waals surface area contributed by atoms with Gasteiger partial charge < -0.3 is 10.1 Å². The lowest BCUT2D eigenvalue weighted by Crippen LogP contribution is -2.15. The van der Waals surface area contributed by atoms with Crippen LogP contribution in [0.3, 0.4) is 0 Å². The van der Waals surface area contributed by atoms with Crippen molar-refractivity contribution >= 4 is 23.4 Å². The molecule has 0 unspecified atom stereocenters. The highest BCUT2D eigenvalue weighted by Gasteiger charge is 2.08. The van der Waals surface area contributed by atoms with Gasteiger partial charge in [-0.15, -0.1) is 5.10 Å². The summed E-state index contributed by atoms with van der Waals surface area (Å²) in [6.07, 6.45) is 0.992. The minimum atomic E-state index is -0.355. The Hall–Kier alpha value is -2.94. The van der Waals surface area contributed by atoms with Gasteiger partial charge in [-0.2, -0.15) is 4.68 Å². The van der Waals surface area contributed by atoms with Gasteiger partial charge in [0.2, 0.25) is 5.16 Å². The number of rotatable bonds is 11. The predicted octanol–water partition coefficient (Wildman–Crippen LogP) is 5.31. The van der Waals surface area contributed by atoms with E-state index in [1.165, 1.54) is 17.7 Å². The zero-order chi connectivity index (χ0) is 22.9. The van der Waals surface area contributed by atoms with Crippen molar-refractivity contribution in [3.63, 3.8) is 0 Å². The molecule has 0 saturated carbocycles. The quantitative estimate of drug-likeness (QED) is 0.230. The number of nitrogens with zero attached hydrogens (tertiary/aromatic N) is 4. The molecule has 0 amide bonds. The Morgan fingerprint density at radius 3 is 2.64 bits per heavy atom. The maximum Gasteiger partial charge on any atom is 0.214 e. The minimum Gasteiger partial charge on any atom is -0.489 e. The van der Waals surface area contributed by atoms with Gasteiger partial charge in [0.05, 0.1) is 10.7 Å². The lowest BCUT2D eigenvalue weighted by molar-refractivity contribution is 0.306. The van der Waals surface area contributed by atoms with Gasteiger partial charge in [0.15, 0.2) is 0 Å². The van der Waals surface area contributed by atoms with Crippen molar-refractivity contribution < 1.29 is 9.13 Å². The number of para-hydroxylation sites is 1. The lowest BCUT2D eigenvalue weighted by atomic mass is 10.2. The lowest BCUT2D eigenvalue weighted by Gasteiger charge is -2.09. The fraction of sp³-hybridized carbons (Fsp3) is 0.208. The summed E-state index contributed by atoms with van der Waals surface area (Å²) >= 11 is 7.68. The highest BCUT2D eigenvalue weighted by atomic mass is 35.5. The SMILES string of the molecule is Fc1ccc(COc2ccc(CNCCCSc3nnnn3-c3ccccc3)cc2)c(Cl)c1. The zero-order valence-corrected chi connectivity index (χ0v) is 19.4. The molecule has 33 heavy (non-hydrogen) atoms. The first kappa shape index (κ1) is 23.2. The second kappa shape index (κ2) is 11.8. The van der Waals surface area contributed by atoms with E-state index < -0.39 is 0 Å². The topological polar surface area (TPSA) is 64.9 Å². The van der Waals surface area contributed by atoms with Crippen molar-refractivity contribution in [1.29, 1.82) is 0 Å². The third-order valence-corrected chi connectivity index (χ3v) is 6.19. The number of nitrogens with one attached hydrogen (secondary N) is 1. The molecule has 4 rings (SSSR count). The Kier molecular flexibility index (Phi) is 8.30. The third-order valence-electron chi connectivity index (χ3n) is 4.83. The minimum absolute atomic E-state index is 0.294. The molecule has 3 aromatic carbocycles. The summed E-state index contributed by atoms with van der Waals surface area (Å²) < 4.78 is 20.6. The van der Waals surface area contributed by atoms with Gasteiger partial charge in [0, 0.05) is 17.9 Å². The Labute approximate surface area is 201 Å². The molecule has 0 saturated heterocycles. The monoisotopic (exact) mass is 483 g/mol. The summed E-state index contributed by atoms with van der Waals surface area (Å²) in [7, 11) is 0. The smallest absolute Gasteiger partial charge is 0.214 e. The Bertz CT molecular complexity index is 1160. The average Bonchev–Trinajstić information content (AvgIpc) is 3.31. The zero-order valence-electron chi connectivity index (χ0n) is 17.8. The molecule has 170 valence electrons. The molecule has 0 aliphatic rings. The van der Waals surface area contributed by atoms with Crippen LogP contribution >= 0.6 is 23.4 Å². The van der Waals surface area contributed by atoms with E-state index >= 15 is 0 Å². The molecular formula is C24H23ClFN5OS. The summed E-state index contributed by atoms with van der Waals surface area (Å²) in [5.74, 6) is 1.30. The molecule has 1 N–H and O–H groups in total. The van der Waals surface area contributed by atoms with Gasteiger partial charge in [-0.05, 0) is 65.4 Å². The first-order chi connectivity index (χ1) is 16.2. The Morgan fingerprint density at radius 1 is 1.03 bits per heavy atom. The standard InChI is InChI=1S/C24H23ClFN5OS/c25-23-15-20(26)10-9-19(23)17-32-22-11-7-18(8-12-22)16-27-13-4-14-33-24-28-29-30-31(24)21-5-2-1-3-6-21/h1-3,5-12,15,27H,4,13-14,16-17H2. The van der Waals surface area contributed by atoms with Gasteiger partial charge in [-0.3, -0.25) is 0 Å². The molecule has 0 aliphatic carbocycles. The van der Waals surface area contributed by atoms with Gasteiger partial charge in [-0.25, -0.2) is 4.39 Å². The number of tetrazole rings is 1. The molecule has 6 nitrogen and oxygen atoms in total. The number of aromatic nitrogens is 4. The third kappa shape index (κ3) is 6.77. The van der Waals surface area contributed by atoms with E-state index in [4.69, 9.17) is 16.3 Å². The van der Waals surface area contributed by atoms with Crippen molar-refractivity contribution in [3.05, 3.63) is 94.8 Å². The molecule has 0 bridgehead atoms. The van der Waals surface area contributed by atoms with Crippen molar-refractivity contribution in [2.24, 2.45) is 0 Å². The van der Waals surface area contributed by atoms with E-state index in [-0.39, 0.29) is 5.82 Å². The van der Waals surface area contributed by atoms with Crippen LogP contribution in [0.1, 0.15) is 17.5 Å². The first-order valence-corrected chi connectivity index (χ1v) is 11.9. The van der Waals surface area contributed by atoms with Crippen LogP contribution in [0, 0.1) is 5.82 Å². The molecule has 0 radical (unpaired) electrons. The summed E-state index contributed by atoms with van der Waals surface area (Å²) in [5.41, 5.74) is 2.87. The second-order valence-corrected chi connectivity index (χ2v) is 8.73. The number of hydrogen-bond donors (Lipinski definition) is 1. The molecule has 4 aromatic rings. The number of halogens is 2. The van der Waals surface area contributed by atoms with Crippen LogP contribution < -0.4 is 10.1 Å². The fourth-order valence-corrected chi connectivity index (χ4v) is 4.15. The molecule has 0 spiro atoms. The molecule has 0 atom stereocenters. The van der Waals surface area contributed by atoms with Gasteiger partial charge >= 0.3 is 0 Å². The van der Waals surface area contributed by atoms with Crippen molar-refractivity contribution in [1.82, 2.24) is 25.5 Å². The maximum atomic E-state index is 13.1. The van der Waals surface area contributed by atoms with Crippen LogP contribution in [0.25, 0.3) is 5.69 Å². The van der Waals surface area contributed by atoms with Crippen LogP contribution in [0.15, 0.2) is 78.0 Å². The molecule has 0 aliphatic heterocycles. The summed E-state index contributed by atoms with van der Waals surface area (Å²) in [4.78, 5) is 0. The van der Waals surface area contributed by atoms with E-state index in [1.54, 1.807) is 22.5 Å². The van der Waals surface area contributed by atoms with Crippen LogP contribution in [-0.2, 0) is 13.2 Å². The van der Waals surface area contributed by atoms with E-state index in [0.29, 0.717) is 11.6 Å². The number of ether oxygens (including phenoxy) is 1. The number of hydrogen-bond acceptors (Lipinski definition) is 6. The van der Waals surface area contributed by atoms with Crippen molar-refractivity contribution in [2.75, 3.05) is 12.3 Å².